The first-order valence-electron chi connectivity index (χ1n) is 8.61. The van der Waals surface area contributed by atoms with E-state index in [1.165, 1.54) is 23.5 Å². The number of anilines is 1. The van der Waals surface area contributed by atoms with Crippen LogP contribution in [0.4, 0.5) is 9.39 Å². The van der Waals surface area contributed by atoms with Gasteiger partial charge in [0.05, 0.1) is 12.2 Å². The lowest BCUT2D eigenvalue weighted by Crippen LogP contribution is -2.84. The molecule has 0 aliphatic carbocycles. The topological polar surface area (TPSA) is 72.0 Å². The molecule has 1 aromatic carbocycles. The molecule has 0 aliphatic rings. The molecule has 5 nitrogen and oxygen atoms in total. The second kappa shape index (κ2) is 9.45. The Morgan fingerprint density at radius 3 is 2.54 bits per heavy atom. The first-order valence-corrected chi connectivity index (χ1v) is 9.43. The predicted octanol–water partition coefficient (Wildman–Crippen LogP) is 2.64. The first-order chi connectivity index (χ1) is 12.5. The van der Waals surface area contributed by atoms with Crippen LogP contribution in [0.15, 0.2) is 24.3 Å². The van der Waals surface area contributed by atoms with Gasteiger partial charge in [-0.15, -0.1) is 11.3 Å². The molecule has 0 spiro atoms. The highest BCUT2D eigenvalue weighted by Crippen LogP contribution is 2.33. The summed E-state index contributed by atoms with van der Waals surface area (Å²) in [4.78, 5) is 25.5. The summed E-state index contributed by atoms with van der Waals surface area (Å²) in [5.41, 5.74) is 2.24. The molecule has 0 bridgehead atoms. The van der Waals surface area contributed by atoms with Crippen molar-refractivity contribution in [1.82, 2.24) is 0 Å². The molecular weight excluding hydrogens is 355 g/mol. The molecule has 7 heteroatoms. The maximum absolute atomic E-state index is 12.9. The number of benzene rings is 1. The number of aryl methyl sites for hydroxylation is 1. The number of hydrogen-bond donors (Lipinski definition) is 2. The number of carbonyl (C=O) groups excluding carboxylic acids is 2. The van der Waals surface area contributed by atoms with Crippen molar-refractivity contribution >= 4 is 28.2 Å². The minimum Gasteiger partial charge on any atom is -0.462 e. The number of quaternary nitrogens is 1. The molecule has 0 saturated heterocycles. The lowest BCUT2D eigenvalue weighted by molar-refractivity contribution is -0.659. The zero-order valence-electron chi connectivity index (χ0n) is 15.2. The van der Waals surface area contributed by atoms with Crippen molar-refractivity contribution in [2.45, 2.75) is 33.7 Å². The van der Waals surface area contributed by atoms with Crippen LogP contribution in [0.2, 0.25) is 0 Å². The maximum atomic E-state index is 12.9. The fourth-order valence-corrected chi connectivity index (χ4v) is 3.75. The van der Waals surface area contributed by atoms with Gasteiger partial charge in [-0.3, -0.25) is 4.79 Å². The Morgan fingerprint density at radius 1 is 1.23 bits per heavy atom. The van der Waals surface area contributed by atoms with E-state index in [2.05, 4.69) is 5.32 Å². The number of hydrogen-bond acceptors (Lipinski definition) is 4. The van der Waals surface area contributed by atoms with E-state index in [1.807, 2.05) is 19.2 Å². The highest BCUT2D eigenvalue weighted by atomic mass is 32.1. The second-order valence-corrected chi connectivity index (χ2v) is 6.91. The number of thiophene rings is 1. The Morgan fingerprint density at radius 2 is 1.92 bits per heavy atom. The highest BCUT2D eigenvalue weighted by molar-refractivity contribution is 7.17. The zero-order valence-corrected chi connectivity index (χ0v) is 16.0. The van der Waals surface area contributed by atoms with Gasteiger partial charge in [0.1, 0.15) is 17.4 Å². The number of ether oxygens (including phenoxy) is 1. The molecule has 0 aliphatic heterocycles. The van der Waals surface area contributed by atoms with Gasteiger partial charge in [0.15, 0.2) is 6.54 Å². The van der Waals surface area contributed by atoms with Crippen molar-refractivity contribution in [3.63, 3.8) is 0 Å². The summed E-state index contributed by atoms with van der Waals surface area (Å²) in [6.07, 6.45) is 0.787. The molecule has 2 aromatic rings. The number of esters is 1. The average molecular weight is 379 g/mol. The third kappa shape index (κ3) is 5.12. The van der Waals surface area contributed by atoms with Crippen LogP contribution in [0.3, 0.4) is 0 Å². The van der Waals surface area contributed by atoms with Gasteiger partial charge in [-0.1, -0.05) is 19.1 Å². The van der Waals surface area contributed by atoms with Gasteiger partial charge in [-0.05, 0) is 38.0 Å². The molecule has 0 unspecified atom stereocenters. The number of nitrogens with two attached hydrogens (primary N) is 1. The van der Waals surface area contributed by atoms with Crippen LogP contribution in [0.25, 0.3) is 0 Å². The third-order valence-electron chi connectivity index (χ3n) is 3.92. The van der Waals surface area contributed by atoms with Gasteiger partial charge in [0.2, 0.25) is 0 Å². The van der Waals surface area contributed by atoms with Crippen LogP contribution in [0.1, 0.15) is 40.2 Å². The number of rotatable bonds is 8. The van der Waals surface area contributed by atoms with Crippen LogP contribution in [-0.4, -0.2) is 25.0 Å². The van der Waals surface area contributed by atoms with E-state index in [1.54, 1.807) is 19.1 Å². The van der Waals surface area contributed by atoms with Gasteiger partial charge in [-0.25, -0.2) is 9.18 Å². The second-order valence-electron chi connectivity index (χ2n) is 5.80. The first kappa shape index (κ1) is 20.1. The molecular formula is C19H24FN2O3S+. The molecule has 3 N–H and O–H groups in total. The van der Waals surface area contributed by atoms with Gasteiger partial charge < -0.3 is 15.4 Å². The molecule has 1 heterocycles. The van der Waals surface area contributed by atoms with E-state index >= 15 is 0 Å². The van der Waals surface area contributed by atoms with Crippen LogP contribution < -0.4 is 10.6 Å². The van der Waals surface area contributed by atoms with E-state index in [4.69, 9.17) is 4.74 Å². The van der Waals surface area contributed by atoms with Crippen LogP contribution >= 0.6 is 11.3 Å². The molecule has 0 radical (unpaired) electrons. The average Bonchev–Trinajstić information content (AvgIpc) is 2.92. The molecule has 1 aromatic heterocycles. The molecule has 0 fully saturated rings. The normalized spacial score (nSPS) is 10.6. The van der Waals surface area contributed by atoms with Crippen molar-refractivity contribution in [2.24, 2.45) is 0 Å². The Labute approximate surface area is 156 Å². The summed E-state index contributed by atoms with van der Waals surface area (Å²) in [5.74, 6) is -0.883. The van der Waals surface area contributed by atoms with Crippen molar-refractivity contribution in [3.05, 3.63) is 51.7 Å². The monoisotopic (exact) mass is 379 g/mol. The summed E-state index contributed by atoms with van der Waals surface area (Å²) in [6.45, 7) is 6.70. The zero-order chi connectivity index (χ0) is 19.1. The van der Waals surface area contributed by atoms with Crippen molar-refractivity contribution in [1.29, 1.82) is 0 Å². The lowest BCUT2D eigenvalue weighted by atomic mass is 10.1. The molecule has 0 atom stereocenters. The van der Waals surface area contributed by atoms with Crippen LogP contribution in [-0.2, 0) is 22.5 Å². The maximum Gasteiger partial charge on any atom is 0.341 e. The van der Waals surface area contributed by atoms with E-state index in [0.29, 0.717) is 17.1 Å². The molecule has 0 saturated carbocycles. The van der Waals surface area contributed by atoms with Gasteiger partial charge in [-0.2, -0.15) is 0 Å². The molecule has 140 valence electrons. The Balaban J connectivity index is 1.99. The van der Waals surface area contributed by atoms with Crippen LogP contribution in [0, 0.1) is 12.7 Å². The van der Waals surface area contributed by atoms with E-state index < -0.39 is 5.97 Å². The summed E-state index contributed by atoms with van der Waals surface area (Å²) < 4.78 is 18.0. The third-order valence-corrected chi connectivity index (χ3v) is 5.27. The van der Waals surface area contributed by atoms with E-state index in [0.717, 1.165) is 22.4 Å². The Hall–Kier alpha value is -2.25. The largest absolute Gasteiger partial charge is 0.462 e. The highest BCUT2D eigenvalue weighted by Gasteiger charge is 2.23. The van der Waals surface area contributed by atoms with Crippen molar-refractivity contribution < 1.29 is 24.0 Å². The Bertz CT molecular complexity index is 772. The SMILES string of the molecule is CCOC(=O)c1c(NC(=O)C[NH2+]Cc2ccc(F)cc2)sc(CC)c1C. The van der Waals surface area contributed by atoms with Crippen molar-refractivity contribution in [2.75, 3.05) is 18.5 Å². The smallest absolute Gasteiger partial charge is 0.341 e. The van der Waals surface area contributed by atoms with E-state index in [-0.39, 0.29) is 24.9 Å². The van der Waals surface area contributed by atoms with Gasteiger partial charge in [0.25, 0.3) is 5.91 Å². The minimum absolute atomic E-state index is 0.193. The van der Waals surface area contributed by atoms with Crippen molar-refractivity contribution in [3.8, 4) is 0 Å². The van der Waals surface area contributed by atoms with Gasteiger partial charge in [0, 0.05) is 10.4 Å². The minimum atomic E-state index is -0.411. The molecule has 26 heavy (non-hydrogen) atoms. The Kier molecular flexibility index (Phi) is 7.29. The summed E-state index contributed by atoms with van der Waals surface area (Å²) in [7, 11) is 0. The van der Waals surface area contributed by atoms with E-state index in [9.17, 15) is 14.0 Å². The molecule has 2 rings (SSSR count). The number of carbonyl (C=O) groups is 2. The fourth-order valence-electron chi connectivity index (χ4n) is 2.60. The number of halogens is 1. The molecule has 1 amide bonds. The summed E-state index contributed by atoms with van der Waals surface area (Å²) in [6, 6.07) is 6.18. The van der Waals surface area contributed by atoms with Crippen LogP contribution in [0.5, 0.6) is 0 Å². The predicted molar refractivity (Wildman–Crippen MR) is 99.9 cm³/mol. The quantitative estimate of drug-likeness (QED) is 0.693. The standard InChI is InChI=1S/C19H23FN2O3S/c1-4-15-12(3)17(19(24)25-5-2)18(26-15)22-16(23)11-21-10-13-6-8-14(20)9-7-13/h6-9,21H,4-5,10-11H2,1-3H3,(H,22,23)/p+1. The fraction of sp³-hybridized carbons (Fsp3) is 0.368. The lowest BCUT2D eigenvalue weighted by Gasteiger charge is -2.07. The van der Waals surface area contributed by atoms with Gasteiger partial charge >= 0.3 is 5.97 Å². The number of nitrogens with one attached hydrogen (secondary N) is 1. The summed E-state index contributed by atoms with van der Waals surface area (Å²) in [5, 5.41) is 5.20. The summed E-state index contributed by atoms with van der Waals surface area (Å²) >= 11 is 1.41. The number of amides is 1.